The molecule has 4 nitrogen and oxygen atoms in total. The van der Waals surface area contributed by atoms with Crippen LogP contribution in [0.5, 0.6) is 0 Å². The molecule has 4 heteroatoms. The molecule has 0 aliphatic rings. The van der Waals surface area contributed by atoms with Gasteiger partial charge in [-0.15, -0.1) is 0 Å². The Morgan fingerprint density at radius 2 is 2.06 bits per heavy atom. The van der Waals surface area contributed by atoms with Crippen LogP contribution in [0, 0.1) is 22.7 Å². The van der Waals surface area contributed by atoms with Gasteiger partial charge in [0.1, 0.15) is 19.2 Å². The predicted molar refractivity (Wildman–Crippen MR) is 59.6 cm³/mol. The number of hydrogen-bond acceptors (Lipinski definition) is 3. The van der Waals surface area contributed by atoms with Crippen LogP contribution >= 0.6 is 0 Å². The zero-order valence-electron chi connectivity index (χ0n) is 9.66. The van der Waals surface area contributed by atoms with E-state index in [9.17, 15) is 0 Å². The van der Waals surface area contributed by atoms with Crippen LogP contribution in [-0.4, -0.2) is 11.8 Å². The van der Waals surface area contributed by atoms with E-state index in [0.717, 1.165) is 31.4 Å². The number of hydrogen-bond donors (Lipinski definition) is 0. The Labute approximate surface area is 95.6 Å². The van der Waals surface area contributed by atoms with E-state index in [-0.39, 0.29) is 5.69 Å². The van der Waals surface area contributed by atoms with Gasteiger partial charge in [-0.25, -0.2) is 0 Å². The zero-order valence-corrected chi connectivity index (χ0v) is 9.66. The molecule has 0 atom stereocenters. The molecule has 1 aromatic heterocycles. The van der Waals surface area contributed by atoms with Crippen molar-refractivity contribution in [2.75, 3.05) is 7.11 Å². The monoisotopic (exact) mass is 217 g/mol. The van der Waals surface area contributed by atoms with Gasteiger partial charge in [-0.3, -0.25) is 0 Å². The summed E-state index contributed by atoms with van der Waals surface area (Å²) in [6, 6.07) is 5.73. The lowest BCUT2D eigenvalue weighted by atomic mass is 10.1. The molecule has 84 valence electrons. The Hall–Kier alpha value is -1.94. The predicted octanol–water partition coefficient (Wildman–Crippen LogP) is 2.02. The molecule has 0 aromatic carbocycles. The van der Waals surface area contributed by atoms with Gasteiger partial charge in [-0.2, -0.15) is 15.3 Å². The number of aromatic nitrogens is 1. The van der Waals surface area contributed by atoms with E-state index in [0.29, 0.717) is 5.56 Å². The minimum Gasteiger partial charge on any atom is -0.416 e. The van der Waals surface area contributed by atoms with Crippen LogP contribution in [0.25, 0.3) is 0 Å². The molecule has 1 heterocycles. The third-order valence-corrected chi connectivity index (χ3v) is 2.48. The lowest BCUT2D eigenvalue weighted by Gasteiger charge is -2.07. The van der Waals surface area contributed by atoms with Gasteiger partial charge in [0.25, 0.3) is 0 Å². The van der Waals surface area contributed by atoms with Gasteiger partial charge in [0.15, 0.2) is 5.69 Å². The van der Waals surface area contributed by atoms with Crippen molar-refractivity contribution in [2.45, 2.75) is 32.6 Å². The number of rotatable bonds is 5. The Kier molecular flexibility index (Phi) is 4.42. The first-order chi connectivity index (χ1) is 7.78. The molecule has 1 rings (SSSR count). The molecule has 1 aromatic rings. The number of nitrogens with zero attached hydrogens (tertiary/aromatic N) is 3. The highest BCUT2D eigenvalue weighted by molar-refractivity contribution is 5.44. The maximum absolute atomic E-state index is 8.94. The van der Waals surface area contributed by atoms with Gasteiger partial charge in [0, 0.05) is 0 Å². The Bertz CT molecular complexity index is 434. The highest BCUT2D eigenvalue weighted by Gasteiger charge is 2.14. The van der Waals surface area contributed by atoms with Crippen molar-refractivity contribution in [1.29, 1.82) is 10.5 Å². The summed E-state index contributed by atoms with van der Waals surface area (Å²) in [6.07, 6.45) is 4.15. The van der Waals surface area contributed by atoms with Crippen molar-refractivity contribution >= 4 is 0 Å². The van der Waals surface area contributed by atoms with Gasteiger partial charge in [-0.1, -0.05) is 19.8 Å². The van der Waals surface area contributed by atoms with Crippen LogP contribution in [0.4, 0.5) is 0 Å². The average molecular weight is 217 g/mol. The van der Waals surface area contributed by atoms with Crippen molar-refractivity contribution in [3.8, 4) is 12.1 Å². The topological polar surface area (TPSA) is 61.7 Å². The fourth-order valence-corrected chi connectivity index (χ4v) is 1.68. The molecule has 0 amide bonds. The molecule has 0 unspecified atom stereocenters. The molecule has 0 spiro atoms. The smallest absolute Gasteiger partial charge is 0.174 e. The Morgan fingerprint density at radius 1 is 1.31 bits per heavy atom. The summed E-state index contributed by atoms with van der Waals surface area (Å²) in [5.41, 5.74) is 1.57. The van der Waals surface area contributed by atoms with Crippen LogP contribution in [0.2, 0.25) is 0 Å². The summed E-state index contributed by atoms with van der Waals surface area (Å²) in [7, 11) is 1.51. The molecule has 0 bridgehead atoms. The summed E-state index contributed by atoms with van der Waals surface area (Å²) >= 11 is 0. The van der Waals surface area contributed by atoms with Gasteiger partial charge in [-0.05, 0) is 18.9 Å². The van der Waals surface area contributed by atoms with Crippen molar-refractivity contribution in [2.24, 2.45) is 0 Å². The molecule has 0 saturated heterocycles. The van der Waals surface area contributed by atoms with E-state index in [1.54, 1.807) is 6.07 Å². The van der Waals surface area contributed by atoms with E-state index in [1.165, 1.54) is 11.8 Å². The van der Waals surface area contributed by atoms with E-state index < -0.39 is 0 Å². The number of nitriles is 2. The Balaban J connectivity index is 2.97. The molecule has 0 aliphatic carbocycles. The highest BCUT2D eigenvalue weighted by Crippen LogP contribution is 2.15. The van der Waals surface area contributed by atoms with Crippen LogP contribution < -0.4 is 4.84 Å². The lowest BCUT2D eigenvalue weighted by molar-refractivity contribution is 0.157. The van der Waals surface area contributed by atoms with E-state index in [1.807, 2.05) is 12.1 Å². The summed E-state index contributed by atoms with van der Waals surface area (Å²) in [4.78, 5) is 5.12. The van der Waals surface area contributed by atoms with Crippen molar-refractivity contribution in [1.82, 2.24) is 4.73 Å². The van der Waals surface area contributed by atoms with Gasteiger partial charge < -0.3 is 4.84 Å². The van der Waals surface area contributed by atoms with E-state index >= 15 is 0 Å². The third-order valence-electron chi connectivity index (χ3n) is 2.48. The van der Waals surface area contributed by atoms with Crippen LogP contribution in [0.1, 0.15) is 43.1 Å². The maximum atomic E-state index is 8.94. The minimum absolute atomic E-state index is 0.288. The third kappa shape index (κ3) is 2.35. The van der Waals surface area contributed by atoms with E-state index in [4.69, 9.17) is 15.4 Å². The summed E-state index contributed by atoms with van der Waals surface area (Å²) in [6.45, 7) is 2.14. The second-order valence-electron chi connectivity index (χ2n) is 3.56. The Morgan fingerprint density at radius 3 is 2.56 bits per heavy atom. The second kappa shape index (κ2) is 5.82. The summed E-state index contributed by atoms with van der Waals surface area (Å²) in [5.74, 6) is 0. The fourth-order valence-electron chi connectivity index (χ4n) is 1.68. The summed E-state index contributed by atoms with van der Waals surface area (Å²) in [5, 5.41) is 17.8. The van der Waals surface area contributed by atoms with Crippen molar-refractivity contribution < 1.29 is 4.84 Å². The van der Waals surface area contributed by atoms with Gasteiger partial charge in [0.05, 0.1) is 11.3 Å². The largest absolute Gasteiger partial charge is 0.416 e. The lowest BCUT2D eigenvalue weighted by Crippen LogP contribution is -2.12. The van der Waals surface area contributed by atoms with Crippen LogP contribution in [-0.2, 0) is 6.42 Å². The molecule has 0 radical (unpaired) electrons. The standard InChI is InChI=1S/C12H15N3O/c1-3-4-5-6-11-7-10(8-13)12(9-14)15(11)16-2/h7H,3-6H2,1-2H3. The molecule has 0 saturated carbocycles. The first-order valence-electron chi connectivity index (χ1n) is 5.37. The maximum Gasteiger partial charge on any atom is 0.174 e. The fraction of sp³-hybridized carbons (Fsp3) is 0.500. The average Bonchev–Trinajstić information content (AvgIpc) is 2.66. The minimum atomic E-state index is 0.288. The zero-order chi connectivity index (χ0) is 12.0. The first kappa shape index (κ1) is 12.1. The highest BCUT2D eigenvalue weighted by atomic mass is 16.6. The molecule has 0 N–H and O–H groups in total. The molecular formula is C12H15N3O. The SMILES string of the molecule is CCCCCc1cc(C#N)c(C#N)n1OC. The second-order valence-corrected chi connectivity index (χ2v) is 3.56. The normalized spacial score (nSPS) is 9.50. The van der Waals surface area contributed by atoms with E-state index in [2.05, 4.69) is 6.92 Å². The molecule has 0 aliphatic heterocycles. The quantitative estimate of drug-likeness (QED) is 0.709. The number of aryl methyl sites for hydroxylation is 1. The van der Waals surface area contributed by atoms with Crippen LogP contribution in [0.15, 0.2) is 6.07 Å². The first-order valence-corrected chi connectivity index (χ1v) is 5.37. The number of unbranched alkanes of at least 4 members (excludes halogenated alkanes) is 2. The van der Waals surface area contributed by atoms with Crippen LogP contribution in [0.3, 0.4) is 0 Å². The molecular weight excluding hydrogens is 202 g/mol. The van der Waals surface area contributed by atoms with Gasteiger partial charge >= 0.3 is 0 Å². The molecule has 16 heavy (non-hydrogen) atoms. The van der Waals surface area contributed by atoms with Gasteiger partial charge in [0.2, 0.25) is 0 Å². The molecule has 0 fully saturated rings. The summed E-state index contributed by atoms with van der Waals surface area (Å²) < 4.78 is 1.45. The van der Waals surface area contributed by atoms with Crippen molar-refractivity contribution in [3.63, 3.8) is 0 Å². The van der Waals surface area contributed by atoms with Crippen molar-refractivity contribution in [3.05, 3.63) is 23.0 Å².